The first-order valence-corrected chi connectivity index (χ1v) is 6.45. The van der Waals surface area contributed by atoms with Crippen LogP contribution in [0.1, 0.15) is 12.8 Å². The molecule has 0 amide bonds. The fourth-order valence-corrected chi connectivity index (χ4v) is 2.21. The van der Waals surface area contributed by atoms with Gasteiger partial charge >= 0.3 is 5.69 Å². The molecule has 0 atom stereocenters. The molecule has 0 aliphatic heterocycles. The molecular formula is C13H15ClN2O2. The smallest absolute Gasteiger partial charge is 0.293 e. The number of benzene rings is 1. The number of unbranched alkanes of at least 4 members (excludes halogenated alkanes) is 1. The van der Waals surface area contributed by atoms with Crippen LogP contribution in [0, 0.1) is 0 Å². The van der Waals surface area contributed by atoms with Crippen molar-refractivity contribution in [3.8, 4) is 0 Å². The van der Waals surface area contributed by atoms with Crippen LogP contribution in [0.3, 0.4) is 0 Å². The van der Waals surface area contributed by atoms with Gasteiger partial charge in [0.05, 0.1) is 10.9 Å². The van der Waals surface area contributed by atoms with Crippen LogP contribution >= 0.6 is 11.6 Å². The first-order valence-electron chi connectivity index (χ1n) is 5.91. The van der Waals surface area contributed by atoms with Gasteiger partial charge in [0.2, 0.25) is 0 Å². The maximum atomic E-state index is 12.1. The molecule has 0 fully saturated rings. The van der Waals surface area contributed by atoms with Crippen molar-refractivity contribution in [2.45, 2.75) is 19.4 Å². The van der Waals surface area contributed by atoms with Crippen LogP contribution in [0.15, 0.2) is 33.9 Å². The molecule has 4 nitrogen and oxygen atoms in total. The van der Waals surface area contributed by atoms with Gasteiger partial charge in [0.1, 0.15) is 0 Å². The van der Waals surface area contributed by atoms with Gasteiger partial charge in [-0.3, -0.25) is 13.9 Å². The first kappa shape index (κ1) is 12.9. The molecule has 0 bridgehead atoms. The number of hydrogen-bond donors (Lipinski definition) is 0. The second kappa shape index (κ2) is 5.40. The molecule has 0 spiro atoms. The second-order valence-electron chi connectivity index (χ2n) is 4.21. The molecule has 0 saturated heterocycles. The van der Waals surface area contributed by atoms with Gasteiger partial charge in [-0.25, -0.2) is 4.79 Å². The topological polar surface area (TPSA) is 44.0 Å². The molecule has 0 saturated carbocycles. The van der Waals surface area contributed by atoms with Crippen LogP contribution < -0.4 is 11.2 Å². The summed E-state index contributed by atoms with van der Waals surface area (Å²) in [5.41, 5.74) is 0.178. The Labute approximate surface area is 109 Å². The highest BCUT2D eigenvalue weighted by atomic mass is 35.5. The molecule has 96 valence electrons. The summed E-state index contributed by atoms with van der Waals surface area (Å²) in [5, 5.41) is 0.575. The van der Waals surface area contributed by atoms with Crippen molar-refractivity contribution in [1.82, 2.24) is 9.13 Å². The predicted octanol–water partition coefficient (Wildman–Crippen LogP) is 1.72. The number of aryl methyl sites for hydroxylation is 1. The van der Waals surface area contributed by atoms with Crippen molar-refractivity contribution >= 4 is 22.5 Å². The summed E-state index contributed by atoms with van der Waals surface area (Å²) in [6, 6.07) is 7.19. The summed E-state index contributed by atoms with van der Waals surface area (Å²) in [6.07, 6.45) is 1.68. The minimum Gasteiger partial charge on any atom is -0.293 e. The maximum absolute atomic E-state index is 12.1. The third-order valence-electron chi connectivity index (χ3n) is 3.01. The Bertz CT molecular complexity index is 673. The first-order chi connectivity index (χ1) is 8.66. The van der Waals surface area contributed by atoms with E-state index in [-0.39, 0.29) is 11.2 Å². The zero-order valence-electron chi connectivity index (χ0n) is 10.2. The molecule has 0 aliphatic rings. The Balaban J connectivity index is 2.64. The Morgan fingerprint density at radius 1 is 1.17 bits per heavy atom. The minimum atomic E-state index is -0.270. The molecule has 18 heavy (non-hydrogen) atoms. The number of nitrogens with zero attached hydrogens (tertiary/aromatic N) is 2. The lowest BCUT2D eigenvalue weighted by Gasteiger charge is -2.11. The molecule has 0 N–H and O–H groups in total. The van der Waals surface area contributed by atoms with Gasteiger partial charge < -0.3 is 0 Å². The molecule has 1 aromatic heterocycles. The molecule has 1 aromatic carbocycles. The zero-order valence-corrected chi connectivity index (χ0v) is 11.0. The number of hydrogen-bond acceptors (Lipinski definition) is 2. The van der Waals surface area contributed by atoms with Crippen LogP contribution in [0.4, 0.5) is 0 Å². The summed E-state index contributed by atoms with van der Waals surface area (Å²) < 4.78 is 2.80. The van der Waals surface area contributed by atoms with Gasteiger partial charge in [-0.1, -0.05) is 12.1 Å². The zero-order chi connectivity index (χ0) is 13.1. The van der Waals surface area contributed by atoms with E-state index in [2.05, 4.69) is 0 Å². The van der Waals surface area contributed by atoms with Gasteiger partial charge in [0.15, 0.2) is 0 Å². The average Bonchev–Trinajstić information content (AvgIpc) is 2.40. The fourth-order valence-electron chi connectivity index (χ4n) is 2.02. The van der Waals surface area contributed by atoms with E-state index in [1.165, 1.54) is 7.05 Å². The molecular weight excluding hydrogens is 252 g/mol. The monoisotopic (exact) mass is 266 g/mol. The number of para-hydroxylation sites is 1. The van der Waals surface area contributed by atoms with E-state index in [1.54, 1.807) is 22.8 Å². The van der Waals surface area contributed by atoms with E-state index < -0.39 is 0 Å². The number of fused-ring (bicyclic) bond motifs is 1. The van der Waals surface area contributed by atoms with E-state index in [1.807, 2.05) is 6.07 Å². The van der Waals surface area contributed by atoms with Gasteiger partial charge in [0.25, 0.3) is 5.56 Å². The quantitative estimate of drug-likeness (QED) is 0.625. The number of halogens is 1. The maximum Gasteiger partial charge on any atom is 0.331 e. The van der Waals surface area contributed by atoms with E-state index in [9.17, 15) is 9.59 Å². The Kier molecular flexibility index (Phi) is 3.87. The van der Waals surface area contributed by atoms with E-state index >= 15 is 0 Å². The SMILES string of the molecule is Cn1c(=O)c2ccccc2n(CCCCCl)c1=O. The van der Waals surface area contributed by atoms with Gasteiger partial charge in [-0.2, -0.15) is 0 Å². The molecule has 5 heteroatoms. The minimum absolute atomic E-state index is 0.246. The van der Waals surface area contributed by atoms with Gasteiger partial charge in [-0.15, -0.1) is 11.6 Å². The molecule has 0 aliphatic carbocycles. The molecule has 0 radical (unpaired) electrons. The standard InChI is InChI=1S/C13H15ClN2O2/c1-15-12(17)10-6-2-3-7-11(10)16(13(15)18)9-5-4-8-14/h2-3,6-7H,4-5,8-9H2,1H3. The number of alkyl halides is 1. The van der Waals surface area contributed by atoms with E-state index in [0.717, 1.165) is 17.4 Å². The highest BCUT2D eigenvalue weighted by Gasteiger charge is 2.09. The summed E-state index contributed by atoms with van der Waals surface area (Å²) in [5.74, 6) is 0.582. The number of aromatic nitrogens is 2. The highest BCUT2D eigenvalue weighted by Crippen LogP contribution is 2.08. The average molecular weight is 267 g/mol. The van der Waals surface area contributed by atoms with Crippen LogP contribution in [0.2, 0.25) is 0 Å². The summed E-state index contributed by atoms with van der Waals surface area (Å²) >= 11 is 5.64. The van der Waals surface area contributed by atoms with Crippen molar-refractivity contribution in [2.24, 2.45) is 7.05 Å². The van der Waals surface area contributed by atoms with Crippen LogP contribution in [0.5, 0.6) is 0 Å². The third-order valence-corrected chi connectivity index (χ3v) is 3.28. The molecule has 1 heterocycles. The van der Waals surface area contributed by atoms with Crippen molar-refractivity contribution in [3.05, 3.63) is 45.1 Å². The van der Waals surface area contributed by atoms with E-state index in [4.69, 9.17) is 11.6 Å². The molecule has 2 rings (SSSR count). The van der Waals surface area contributed by atoms with E-state index in [0.29, 0.717) is 23.3 Å². The normalized spacial score (nSPS) is 11.0. The van der Waals surface area contributed by atoms with Crippen molar-refractivity contribution < 1.29 is 0 Å². The Hall–Kier alpha value is -1.55. The molecule has 2 aromatic rings. The van der Waals surface area contributed by atoms with Crippen LogP contribution in [-0.2, 0) is 13.6 Å². The Morgan fingerprint density at radius 2 is 1.89 bits per heavy atom. The van der Waals surface area contributed by atoms with Gasteiger partial charge in [-0.05, 0) is 25.0 Å². The van der Waals surface area contributed by atoms with Crippen LogP contribution in [-0.4, -0.2) is 15.0 Å². The Morgan fingerprint density at radius 3 is 2.61 bits per heavy atom. The van der Waals surface area contributed by atoms with Crippen LogP contribution in [0.25, 0.3) is 10.9 Å². The number of rotatable bonds is 4. The summed E-state index contributed by atoms with van der Waals surface area (Å²) in [7, 11) is 1.51. The largest absolute Gasteiger partial charge is 0.331 e. The second-order valence-corrected chi connectivity index (χ2v) is 4.59. The lowest BCUT2D eigenvalue weighted by Crippen LogP contribution is -2.38. The summed E-state index contributed by atoms with van der Waals surface area (Å²) in [6.45, 7) is 0.584. The predicted molar refractivity (Wildman–Crippen MR) is 73.4 cm³/mol. The van der Waals surface area contributed by atoms with Gasteiger partial charge in [0, 0.05) is 19.5 Å². The highest BCUT2D eigenvalue weighted by molar-refractivity contribution is 6.17. The fraction of sp³-hybridized carbons (Fsp3) is 0.385. The van der Waals surface area contributed by atoms with Crippen molar-refractivity contribution in [2.75, 3.05) is 5.88 Å². The summed E-state index contributed by atoms with van der Waals surface area (Å²) in [4.78, 5) is 24.1. The van der Waals surface area contributed by atoms with Crippen molar-refractivity contribution in [1.29, 1.82) is 0 Å². The van der Waals surface area contributed by atoms with Crippen molar-refractivity contribution in [3.63, 3.8) is 0 Å². The lowest BCUT2D eigenvalue weighted by atomic mass is 10.2. The lowest BCUT2D eigenvalue weighted by molar-refractivity contribution is 0.589. The third kappa shape index (κ3) is 2.20. The molecule has 0 unspecified atom stereocenters.